The first-order valence-corrected chi connectivity index (χ1v) is 10.6. The zero-order chi connectivity index (χ0) is 20.1. The molecule has 0 heterocycles. The average molecular weight is 420 g/mol. The molecule has 0 aromatic heterocycles. The molecule has 1 atom stereocenters. The number of hydrogen-bond donors (Lipinski definition) is 2. The molecule has 1 unspecified atom stereocenters. The maximum Gasteiger partial charge on any atom is 0.252 e. The SMILES string of the molecule is CCN(CC)S(=O)(=O)c1ccc(C)c(C(=O)NC(C)(CN)CC(C)C)c1.Cl. The van der Waals surface area contributed by atoms with Crippen LogP contribution in [0.3, 0.4) is 0 Å². The van der Waals surface area contributed by atoms with Crippen LogP contribution in [0.15, 0.2) is 23.1 Å². The third-order valence-corrected chi connectivity index (χ3v) is 6.57. The van der Waals surface area contributed by atoms with E-state index in [9.17, 15) is 13.2 Å². The number of amides is 1. The molecule has 1 rings (SSSR count). The molecule has 0 aliphatic rings. The number of benzene rings is 1. The summed E-state index contributed by atoms with van der Waals surface area (Å²) >= 11 is 0. The molecule has 8 heteroatoms. The molecule has 0 saturated heterocycles. The molecule has 0 saturated carbocycles. The third kappa shape index (κ3) is 6.45. The number of aryl methyl sites for hydroxylation is 1. The Morgan fingerprint density at radius 1 is 1.26 bits per heavy atom. The molecular formula is C19H34ClN3O3S. The Morgan fingerprint density at radius 3 is 2.26 bits per heavy atom. The number of hydrogen-bond acceptors (Lipinski definition) is 4. The molecule has 0 radical (unpaired) electrons. The first-order valence-electron chi connectivity index (χ1n) is 9.14. The zero-order valence-electron chi connectivity index (χ0n) is 17.2. The Morgan fingerprint density at radius 2 is 1.81 bits per heavy atom. The minimum absolute atomic E-state index is 0. The maximum absolute atomic E-state index is 12.8. The van der Waals surface area contributed by atoms with Crippen LogP contribution < -0.4 is 11.1 Å². The summed E-state index contributed by atoms with van der Waals surface area (Å²) < 4.78 is 26.9. The van der Waals surface area contributed by atoms with Crippen LogP contribution >= 0.6 is 12.4 Å². The lowest BCUT2D eigenvalue weighted by atomic mass is 9.90. The van der Waals surface area contributed by atoms with E-state index in [-0.39, 0.29) is 23.2 Å². The lowest BCUT2D eigenvalue weighted by Gasteiger charge is -2.31. The molecule has 6 nitrogen and oxygen atoms in total. The summed E-state index contributed by atoms with van der Waals surface area (Å²) in [5.41, 5.74) is 6.43. The minimum atomic E-state index is -3.61. The lowest BCUT2D eigenvalue weighted by Crippen LogP contribution is -2.52. The van der Waals surface area contributed by atoms with Crippen molar-refractivity contribution in [2.24, 2.45) is 11.7 Å². The minimum Gasteiger partial charge on any atom is -0.346 e. The summed E-state index contributed by atoms with van der Waals surface area (Å²) in [5.74, 6) is 0.0759. The van der Waals surface area contributed by atoms with Gasteiger partial charge in [0.2, 0.25) is 10.0 Å². The smallest absolute Gasteiger partial charge is 0.252 e. The Kier molecular flexibility index (Phi) is 9.97. The Bertz CT molecular complexity index is 734. The predicted octanol–water partition coefficient (Wildman–Crippen LogP) is 2.94. The van der Waals surface area contributed by atoms with E-state index in [0.717, 1.165) is 12.0 Å². The fourth-order valence-electron chi connectivity index (χ4n) is 3.15. The van der Waals surface area contributed by atoms with E-state index in [0.29, 0.717) is 31.1 Å². The van der Waals surface area contributed by atoms with Crippen molar-refractivity contribution in [3.63, 3.8) is 0 Å². The third-order valence-electron chi connectivity index (χ3n) is 4.52. The largest absolute Gasteiger partial charge is 0.346 e. The Balaban J connectivity index is 0.00000676. The van der Waals surface area contributed by atoms with E-state index in [1.807, 2.05) is 6.92 Å². The van der Waals surface area contributed by atoms with Gasteiger partial charge in [-0.05, 0) is 43.9 Å². The van der Waals surface area contributed by atoms with Gasteiger partial charge in [0.25, 0.3) is 5.91 Å². The summed E-state index contributed by atoms with van der Waals surface area (Å²) in [6.07, 6.45) is 0.742. The fraction of sp³-hybridized carbons (Fsp3) is 0.632. The highest BCUT2D eigenvalue weighted by Gasteiger charge is 2.28. The molecule has 0 fully saturated rings. The summed E-state index contributed by atoms with van der Waals surface area (Å²) in [5, 5.41) is 3.00. The van der Waals surface area contributed by atoms with Crippen molar-refractivity contribution >= 4 is 28.3 Å². The van der Waals surface area contributed by atoms with Gasteiger partial charge in [0.15, 0.2) is 0 Å². The fourth-order valence-corrected chi connectivity index (χ4v) is 4.63. The predicted molar refractivity (Wildman–Crippen MR) is 113 cm³/mol. The van der Waals surface area contributed by atoms with Gasteiger partial charge in [-0.2, -0.15) is 4.31 Å². The van der Waals surface area contributed by atoms with Crippen LogP contribution in [0.2, 0.25) is 0 Å². The van der Waals surface area contributed by atoms with Crippen molar-refractivity contribution in [2.45, 2.75) is 58.4 Å². The highest BCUT2D eigenvalue weighted by Crippen LogP contribution is 2.21. The number of nitrogens with zero attached hydrogens (tertiary/aromatic N) is 1. The number of carbonyl (C=O) groups is 1. The summed E-state index contributed by atoms with van der Waals surface area (Å²) in [6, 6.07) is 4.69. The molecule has 0 bridgehead atoms. The van der Waals surface area contributed by atoms with Crippen LogP contribution in [0, 0.1) is 12.8 Å². The van der Waals surface area contributed by atoms with E-state index < -0.39 is 15.6 Å². The Hall–Kier alpha value is -1.15. The van der Waals surface area contributed by atoms with Crippen molar-refractivity contribution in [3.8, 4) is 0 Å². The van der Waals surface area contributed by atoms with E-state index >= 15 is 0 Å². The number of halogens is 1. The van der Waals surface area contributed by atoms with Crippen LogP contribution in [0.25, 0.3) is 0 Å². The van der Waals surface area contributed by atoms with Gasteiger partial charge in [0, 0.05) is 30.7 Å². The van der Waals surface area contributed by atoms with Crippen molar-refractivity contribution in [2.75, 3.05) is 19.6 Å². The molecule has 0 aliphatic heterocycles. The maximum atomic E-state index is 12.8. The van der Waals surface area contributed by atoms with Crippen LogP contribution in [0.5, 0.6) is 0 Å². The van der Waals surface area contributed by atoms with Crippen LogP contribution in [-0.4, -0.2) is 43.8 Å². The van der Waals surface area contributed by atoms with E-state index in [2.05, 4.69) is 19.2 Å². The molecule has 3 N–H and O–H groups in total. The standard InChI is InChI=1S/C19H33N3O3S.ClH/c1-7-22(8-2)26(24,25)16-10-9-15(5)17(11-16)18(23)21-19(6,13-20)12-14(3)4;/h9-11,14H,7-8,12-13,20H2,1-6H3,(H,21,23);1H. The van der Waals surface area contributed by atoms with Gasteiger partial charge >= 0.3 is 0 Å². The van der Waals surface area contributed by atoms with E-state index in [4.69, 9.17) is 5.73 Å². The molecule has 0 aliphatic carbocycles. The van der Waals surface area contributed by atoms with Crippen molar-refractivity contribution in [3.05, 3.63) is 29.3 Å². The van der Waals surface area contributed by atoms with Crippen molar-refractivity contribution in [1.29, 1.82) is 0 Å². The molecule has 1 amide bonds. The molecule has 1 aromatic rings. The number of nitrogens with one attached hydrogen (secondary N) is 1. The number of carbonyl (C=O) groups excluding carboxylic acids is 1. The molecular weight excluding hydrogens is 386 g/mol. The van der Waals surface area contributed by atoms with Crippen molar-refractivity contribution in [1.82, 2.24) is 9.62 Å². The summed E-state index contributed by atoms with van der Waals surface area (Å²) in [6.45, 7) is 12.5. The second-order valence-electron chi connectivity index (χ2n) is 7.38. The van der Waals surface area contributed by atoms with Gasteiger partial charge < -0.3 is 11.1 Å². The van der Waals surface area contributed by atoms with E-state index in [1.165, 1.54) is 10.4 Å². The topological polar surface area (TPSA) is 92.5 Å². The van der Waals surface area contributed by atoms with Crippen LogP contribution in [-0.2, 0) is 10.0 Å². The van der Waals surface area contributed by atoms with Crippen LogP contribution in [0.4, 0.5) is 0 Å². The van der Waals surface area contributed by atoms with E-state index in [1.54, 1.807) is 32.9 Å². The summed E-state index contributed by atoms with van der Waals surface area (Å²) in [4.78, 5) is 13.0. The molecule has 1 aromatic carbocycles. The monoisotopic (exact) mass is 419 g/mol. The molecule has 0 spiro atoms. The lowest BCUT2D eigenvalue weighted by molar-refractivity contribution is 0.0897. The Labute approximate surface area is 170 Å². The second-order valence-corrected chi connectivity index (χ2v) is 9.32. The van der Waals surface area contributed by atoms with Gasteiger partial charge in [-0.15, -0.1) is 12.4 Å². The van der Waals surface area contributed by atoms with Crippen LogP contribution in [0.1, 0.15) is 57.0 Å². The normalized spacial score (nSPS) is 14.0. The first-order chi connectivity index (χ1) is 12.0. The van der Waals surface area contributed by atoms with Gasteiger partial charge in [-0.1, -0.05) is 33.8 Å². The highest BCUT2D eigenvalue weighted by molar-refractivity contribution is 7.89. The number of rotatable bonds is 9. The summed E-state index contributed by atoms with van der Waals surface area (Å²) in [7, 11) is -3.61. The number of nitrogens with two attached hydrogens (primary N) is 1. The van der Waals surface area contributed by atoms with Gasteiger partial charge in [-0.3, -0.25) is 4.79 Å². The first kappa shape index (κ1) is 25.9. The van der Waals surface area contributed by atoms with Gasteiger partial charge in [0.1, 0.15) is 0 Å². The van der Waals surface area contributed by atoms with Crippen molar-refractivity contribution < 1.29 is 13.2 Å². The zero-order valence-corrected chi connectivity index (χ0v) is 18.8. The molecule has 156 valence electrons. The average Bonchev–Trinajstić information content (AvgIpc) is 2.54. The van der Waals surface area contributed by atoms with Gasteiger partial charge in [-0.25, -0.2) is 8.42 Å². The molecule has 27 heavy (non-hydrogen) atoms. The highest BCUT2D eigenvalue weighted by atomic mass is 35.5. The quantitative estimate of drug-likeness (QED) is 0.643. The second kappa shape index (κ2) is 10.4. The number of sulfonamides is 1. The van der Waals surface area contributed by atoms with Gasteiger partial charge in [0.05, 0.1) is 4.90 Å².